The van der Waals surface area contributed by atoms with E-state index in [0.29, 0.717) is 9.23 Å². The fraction of sp³-hybridized carbons (Fsp3) is 0.0667. The maximum atomic E-state index is 12.6. The van der Waals surface area contributed by atoms with Crippen molar-refractivity contribution in [2.24, 2.45) is 0 Å². The lowest BCUT2D eigenvalue weighted by atomic mass is 10.3. The van der Waals surface area contributed by atoms with Gasteiger partial charge in [0.2, 0.25) is 0 Å². The molecule has 0 aliphatic carbocycles. The summed E-state index contributed by atoms with van der Waals surface area (Å²) in [5.41, 5.74) is 0.832. The standard InChI is InChI=1S/C15H11NOS4/c1-19-11-5-2-4-10(8-11)16-14(17)13(21-15(16)18)9-12-6-3-7-20-12/h2-9H,1H3/b13-9+. The molecule has 2 nitrogen and oxygen atoms in total. The summed E-state index contributed by atoms with van der Waals surface area (Å²) in [7, 11) is 0. The van der Waals surface area contributed by atoms with Crippen molar-refractivity contribution in [1.29, 1.82) is 0 Å². The summed E-state index contributed by atoms with van der Waals surface area (Å²) in [6.45, 7) is 0. The molecule has 1 amide bonds. The molecule has 2 heterocycles. The molecule has 1 aromatic carbocycles. The molecule has 3 rings (SSSR count). The molecular weight excluding hydrogens is 338 g/mol. The van der Waals surface area contributed by atoms with Crippen LogP contribution in [0.1, 0.15) is 4.88 Å². The molecule has 1 saturated heterocycles. The third kappa shape index (κ3) is 3.08. The minimum Gasteiger partial charge on any atom is -0.268 e. The number of hydrogen-bond acceptors (Lipinski definition) is 5. The highest BCUT2D eigenvalue weighted by atomic mass is 32.2. The third-order valence-corrected chi connectivity index (χ3v) is 5.77. The van der Waals surface area contributed by atoms with Gasteiger partial charge in [-0.25, -0.2) is 0 Å². The molecule has 0 bridgehead atoms. The lowest BCUT2D eigenvalue weighted by molar-refractivity contribution is -0.113. The molecule has 0 radical (unpaired) electrons. The molecule has 2 aromatic rings. The molecule has 1 aliphatic rings. The molecule has 0 saturated carbocycles. The Bertz CT molecular complexity index is 721. The fourth-order valence-corrected chi connectivity index (χ4v) is 4.42. The van der Waals surface area contributed by atoms with Crippen molar-refractivity contribution in [3.63, 3.8) is 0 Å². The summed E-state index contributed by atoms with van der Waals surface area (Å²) in [5, 5.41) is 1.99. The summed E-state index contributed by atoms with van der Waals surface area (Å²) >= 11 is 9.99. The summed E-state index contributed by atoms with van der Waals surface area (Å²) in [4.78, 5) is 17.1. The van der Waals surface area contributed by atoms with Crippen molar-refractivity contribution in [1.82, 2.24) is 0 Å². The second-order valence-corrected chi connectivity index (χ2v) is 7.77. The smallest absolute Gasteiger partial charge is 0.268 e. The Hall–Kier alpha value is -1.08. The maximum absolute atomic E-state index is 12.6. The van der Waals surface area contributed by atoms with Gasteiger partial charge < -0.3 is 0 Å². The molecule has 106 valence electrons. The topological polar surface area (TPSA) is 20.3 Å². The van der Waals surface area contributed by atoms with E-state index in [2.05, 4.69) is 0 Å². The number of rotatable bonds is 3. The van der Waals surface area contributed by atoms with Crippen molar-refractivity contribution in [3.05, 3.63) is 51.6 Å². The van der Waals surface area contributed by atoms with Crippen LogP contribution in [-0.2, 0) is 4.79 Å². The van der Waals surface area contributed by atoms with E-state index in [1.807, 2.05) is 54.1 Å². The summed E-state index contributed by atoms with van der Waals surface area (Å²) < 4.78 is 0.584. The number of carbonyl (C=O) groups is 1. The van der Waals surface area contributed by atoms with E-state index < -0.39 is 0 Å². The number of amides is 1. The van der Waals surface area contributed by atoms with Gasteiger partial charge in [-0.05, 0) is 42.0 Å². The highest BCUT2D eigenvalue weighted by molar-refractivity contribution is 8.27. The summed E-state index contributed by atoms with van der Waals surface area (Å²) in [5.74, 6) is -0.0448. The maximum Gasteiger partial charge on any atom is 0.270 e. The van der Waals surface area contributed by atoms with E-state index in [0.717, 1.165) is 15.5 Å². The number of thiophene rings is 1. The van der Waals surface area contributed by atoms with Crippen molar-refractivity contribution < 1.29 is 4.79 Å². The van der Waals surface area contributed by atoms with Gasteiger partial charge in [-0.2, -0.15) is 0 Å². The van der Waals surface area contributed by atoms with Gasteiger partial charge in [0.1, 0.15) is 0 Å². The molecule has 6 heteroatoms. The first kappa shape index (κ1) is 14.8. The number of anilines is 1. The van der Waals surface area contributed by atoms with Gasteiger partial charge in [0.05, 0.1) is 10.6 Å². The Morgan fingerprint density at radius 3 is 2.86 bits per heavy atom. The molecule has 1 fully saturated rings. The number of thiocarbonyl (C=S) groups is 1. The Labute approximate surface area is 141 Å². The zero-order valence-corrected chi connectivity index (χ0v) is 14.4. The van der Waals surface area contributed by atoms with Crippen LogP contribution in [0.3, 0.4) is 0 Å². The van der Waals surface area contributed by atoms with E-state index in [1.165, 1.54) is 11.8 Å². The van der Waals surface area contributed by atoms with E-state index in [9.17, 15) is 4.79 Å². The predicted octanol–water partition coefficient (Wildman–Crippen LogP) is 4.88. The number of carbonyl (C=O) groups excluding carboxylic acids is 1. The second kappa shape index (κ2) is 6.36. The monoisotopic (exact) mass is 349 g/mol. The highest BCUT2D eigenvalue weighted by Crippen LogP contribution is 2.37. The lowest BCUT2D eigenvalue weighted by Crippen LogP contribution is -2.27. The fourth-order valence-electron chi connectivity index (χ4n) is 1.94. The van der Waals surface area contributed by atoms with Gasteiger partial charge in [0.25, 0.3) is 5.91 Å². The number of hydrogen-bond donors (Lipinski definition) is 0. The molecule has 0 spiro atoms. The Kier molecular flexibility index (Phi) is 4.49. The third-order valence-electron chi connectivity index (χ3n) is 2.92. The Balaban J connectivity index is 1.93. The van der Waals surface area contributed by atoms with Gasteiger partial charge in [-0.15, -0.1) is 23.1 Å². The Morgan fingerprint density at radius 1 is 1.29 bits per heavy atom. The number of benzene rings is 1. The first-order chi connectivity index (χ1) is 10.2. The van der Waals surface area contributed by atoms with Crippen LogP contribution in [0.15, 0.2) is 51.6 Å². The van der Waals surface area contributed by atoms with E-state index in [4.69, 9.17) is 12.2 Å². The van der Waals surface area contributed by atoms with Crippen LogP contribution in [0.5, 0.6) is 0 Å². The molecule has 21 heavy (non-hydrogen) atoms. The minimum absolute atomic E-state index is 0.0448. The zero-order chi connectivity index (χ0) is 14.8. The number of thioether (sulfide) groups is 2. The SMILES string of the molecule is CSc1cccc(N2C(=O)/C(=C\c3cccs3)SC2=S)c1. The lowest BCUT2D eigenvalue weighted by Gasteiger charge is -2.15. The van der Waals surface area contributed by atoms with Crippen molar-refractivity contribution in [3.8, 4) is 0 Å². The molecule has 1 aromatic heterocycles. The summed E-state index contributed by atoms with van der Waals surface area (Å²) in [6.07, 6.45) is 3.92. The van der Waals surface area contributed by atoms with Gasteiger partial charge in [-0.3, -0.25) is 9.69 Å². The van der Waals surface area contributed by atoms with E-state index in [1.54, 1.807) is 28.0 Å². The largest absolute Gasteiger partial charge is 0.270 e. The quantitative estimate of drug-likeness (QED) is 0.447. The van der Waals surface area contributed by atoms with E-state index in [-0.39, 0.29) is 5.91 Å². The van der Waals surface area contributed by atoms with Crippen molar-refractivity contribution in [2.75, 3.05) is 11.2 Å². The molecule has 0 unspecified atom stereocenters. The van der Waals surface area contributed by atoms with Gasteiger partial charge in [0, 0.05) is 9.77 Å². The molecular formula is C15H11NOS4. The van der Waals surface area contributed by atoms with Crippen LogP contribution in [0.2, 0.25) is 0 Å². The van der Waals surface area contributed by atoms with Crippen LogP contribution in [0.4, 0.5) is 5.69 Å². The highest BCUT2D eigenvalue weighted by Gasteiger charge is 2.33. The predicted molar refractivity (Wildman–Crippen MR) is 98.2 cm³/mol. The molecule has 0 N–H and O–H groups in total. The Morgan fingerprint density at radius 2 is 2.14 bits per heavy atom. The normalized spacial score (nSPS) is 17.0. The van der Waals surface area contributed by atoms with Crippen LogP contribution in [0.25, 0.3) is 6.08 Å². The zero-order valence-electron chi connectivity index (χ0n) is 11.1. The number of nitrogens with zero attached hydrogens (tertiary/aromatic N) is 1. The van der Waals surface area contributed by atoms with Gasteiger partial charge in [-0.1, -0.05) is 36.1 Å². The van der Waals surface area contributed by atoms with Crippen LogP contribution < -0.4 is 4.90 Å². The van der Waals surface area contributed by atoms with E-state index >= 15 is 0 Å². The first-order valence-electron chi connectivity index (χ1n) is 6.14. The molecule has 1 aliphatic heterocycles. The van der Waals surface area contributed by atoms with Crippen molar-refractivity contribution in [2.45, 2.75) is 4.90 Å². The molecule has 0 atom stereocenters. The second-order valence-electron chi connectivity index (χ2n) is 4.23. The first-order valence-corrected chi connectivity index (χ1v) is 9.47. The van der Waals surface area contributed by atoms with Crippen LogP contribution >= 0.6 is 47.1 Å². The van der Waals surface area contributed by atoms with Gasteiger partial charge in [0.15, 0.2) is 4.32 Å². The van der Waals surface area contributed by atoms with Crippen LogP contribution in [0, 0.1) is 0 Å². The summed E-state index contributed by atoms with van der Waals surface area (Å²) in [6, 6.07) is 11.8. The minimum atomic E-state index is -0.0448. The van der Waals surface area contributed by atoms with Crippen LogP contribution in [-0.4, -0.2) is 16.5 Å². The van der Waals surface area contributed by atoms with Gasteiger partial charge >= 0.3 is 0 Å². The average molecular weight is 350 g/mol. The van der Waals surface area contributed by atoms with Crippen molar-refractivity contribution >= 4 is 69.1 Å². The average Bonchev–Trinajstić information content (AvgIpc) is 3.08.